The van der Waals surface area contributed by atoms with Crippen LogP contribution in [0.2, 0.25) is 0 Å². The van der Waals surface area contributed by atoms with Crippen molar-refractivity contribution >= 4 is 39.8 Å². The molecule has 1 saturated heterocycles. The number of aromatic nitrogens is 2. The second-order valence-electron chi connectivity index (χ2n) is 8.32. The highest BCUT2D eigenvalue weighted by Gasteiger charge is 2.28. The number of thioether (sulfide) groups is 1. The van der Waals surface area contributed by atoms with Gasteiger partial charge in [-0.15, -0.1) is 22.4 Å². The number of oxime groups is 1. The lowest BCUT2D eigenvalue weighted by molar-refractivity contribution is -0.110. The maximum atomic E-state index is 13.1. The quantitative estimate of drug-likeness (QED) is 0.231. The summed E-state index contributed by atoms with van der Waals surface area (Å²) in [5, 5.41) is 7.61. The molecule has 188 valence electrons. The molecule has 1 aliphatic heterocycles. The summed E-state index contributed by atoms with van der Waals surface area (Å²) >= 11 is 1.58. The van der Waals surface area contributed by atoms with E-state index in [9.17, 15) is 13.9 Å². The van der Waals surface area contributed by atoms with Crippen molar-refractivity contribution < 1.29 is 23.5 Å². The van der Waals surface area contributed by atoms with Crippen LogP contribution in [0.5, 0.6) is 0 Å². The number of ether oxygens (including phenoxy) is 1. The number of carbonyl (C=O) groups excluding carboxylic acids is 1. The number of carbonyl (C=O) groups is 1. The summed E-state index contributed by atoms with van der Waals surface area (Å²) in [5.41, 5.74) is 0.505. The van der Waals surface area contributed by atoms with Gasteiger partial charge in [-0.3, -0.25) is 13.9 Å². The Morgan fingerprint density at radius 3 is 2.66 bits per heavy atom. The Morgan fingerprint density at radius 2 is 2.06 bits per heavy atom. The number of anilines is 1. The average molecular weight is 520 g/mol. The fraction of sp³-hybridized carbons (Fsp3) is 0.391. The van der Waals surface area contributed by atoms with Crippen LogP contribution in [0.3, 0.4) is 0 Å². The SMILES string of the molecule is CN(C)CCSc1cnc(NC(=O)C(=NO[C@@H]2CCOC2)c2ccc(S(O)(O)C3=CC3)cc2)cn1. The van der Waals surface area contributed by atoms with E-state index in [0.29, 0.717) is 41.4 Å². The maximum Gasteiger partial charge on any atom is 0.279 e. The molecule has 2 aromatic rings. The van der Waals surface area contributed by atoms with E-state index in [1.54, 1.807) is 48.3 Å². The van der Waals surface area contributed by atoms with Crippen molar-refractivity contribution in [3.63, 3.8) is 0 Å². The monoisotopic (exact) mass is 519 g/mol. The lowest BCUT2D eigenvalue weighted by Gasteiger charge is -2.30. The first kappa shape index (κ1) is 25.6. The summed E-state index contributed by atoms with van der Waals surface area (Å²) in [6.45, 7) is 1.91. The molecule has 1 fully saturated rings. The van der Waals surface area contributed by atoms with E-state index in [1.807, 2.05) is 14.1 Å². The number of allylic oxidation sites excluding steroid dienone is 2. The van der Waals surface area contributed by atoms with Gasteiger partial charge in [0, 0.05) is 35.6 Å². The Morgan fingerprint density at radius 1 is 1.29 bits per heavy atom. The number of nitrogens with one attached hydrogen (secondary N) is 1. The maximum absolute atomic E-state index is 13.1. The molecule has 1 atom stereocenters. The summed E-state index contributed by atoms with van der Waals surface area (Å²) in [7, 11) is 1.05. The summed E-state index contributed by atoms with van der Waals surface area (Å²) in [6, 6.07) is 6.42. The molecule has 1 amide bonds. The van der Waals surface area contributed by atoms with Crippen molar-refractivity contribution in [3.8, 4) is 0 Å². The Labute approximate surface area is 210 Å². The van der Waals surface area contributed by atoms with Crippen LogP contribution >= 0.6 is 22.4 Å². The third-order valence-corrected chi connectivity index (χ3v) is 8.13. The van der Waals surface area contributed by atoms with Gasteiger partial charge in [0.1, 0.15) is 5.03 Å². The Balaban J connectivity index is 1.47. The van der Waals surface area contributed by atoms with Crippen LogP contribution < -0.4 is 5.32 Å². The number of nitrogens with zero attached hydrogens (tertiary/aromatic N) is 4. The fourth-order valence-corrected chi connectivity index (χ4v) is 5.43. The summed E-state index contributed by atoms with van der Waals surface area (Å²) in [6.07, 6.45) is 5.96. The third kappa shape index (κ3) is 7.03. The van der Waals surface area contributed by atoms with Crippen LogP contribution in [0.1, 0.15) is 18.4 Å². The van der Waals surface area contributed by atoms with E-state index in [1.165, 1.54) is 6.20 Å². The molecule has 1 aromatic carbocycles. The highest BCUT2D eigenvalue weighted by atomic mass is 32.3. The summed E-state index contributed by atoms with van der Waals surface area (Å²) < 4.78 is 26.1. The molecular weight excluding hydrogens is 490 g/mol. The molecule has 4 rings (SSSR count). The van der Waals surface area contributed by atoms with Gasteiger partial charge in [-0.25, -0.2) is 9.97 Å². The fourth-order valence-electron chi connectivity index (χ4n) is 3.14. The zero-order valence-corrected chi connectivity index (χ0v) is 21.2. The van der Waals surface area contributed by atoms with E-state index in [2.05, 4.69) is 25.3 Å². The number of benzene rings is 1. The van der Waals surface area contributed by atoms with E-state index in [-0.39, 0.29) is 17.6 Å². The largest absolute Gasteiger partial charge is 0.389 e. The highest BCUT2D eigenvalue weighted by Crippen LogP contribution is 2.61. The molecule has 35 heavy (non-hydrogen) atoms. The second-order valence-corrected chi connectivity index (χ2v) is 11.5. The van der Waals surface area contributed by atoms with Gasteiger partial charge < -0.3 is 19.8 Å². The Kier molecular flexibility index (Phi) is 8.42. The third-order valence-electron chi connectivity index (χ3n) is 5.25. The van der Waals surface area contributed by atoms with Gasteiger partial charge in [-0.1, -0.05) is 23.4 Å². The molecule has 1 aliphatic carbocycles. The van der Waals surface area contributed by atoms with Crippen LogP contribution in [0.4, 0.5) is 5.82 Å². The minimum atomic E-state index is -2.97. The number of hydrogen-bond acceptors (Lipinski definition) is 10. The normalized spacial score (nSPS) is 18.4. The predicted molar refractivity (Wildman–Crippen MR) is 137 cm³/mol. The molecule has 2 heterocycles. The van der Waals surface area contributed by atoms with Crippen molar-refractivity contribution in [1.29, 1.82) is 0 Å². The number of rotatable bonds is 11. The molecule has 0 radical (unpaired) electrons. The van der Waals surface area contributed by atoms with Crippen LogP contribution in [0.25, 0.3) is 0 Å². The van der Waals surface area contributed by atoms with Gasteiger partial charge in [-0.2, -0.15) is 0 Å². The van der Waals surface area contributed by atoms with Crippen LogP contribution in [0.15, 0.2) is 62.7 Å². The Hall–Kier alpha value is -2.48. The molecule has 0 spiro atoms. The topological polar surface area (TPSA) is 129 Å². The predicted octanol–water partition coefficient (Wildman–Crippen LogP) is 3.68. The lowest BCUT2D eigenvalue weighted by atomic mass is 10.1. The van der Waals surface area contributed by atoms with Gasteiger partial charge in [0.05, 0.1) is 30.5 Å². The first-order valence-electron chi connectivity index (χ1n) is 11.1. The van der Waals surface area contributed by atoms with Crippen LogP contribution in [-0.4, -0.2) is 81.3 Å². The molecule has 0 bridgehead atoms. The molecule has 1 aromatic heterocycles. The smallest absolute Gasteiger partial charge is 0.279 e. The first-order chi connectivity index (χ1) is 16.8. The molecule has 0 unspecified atom stereocenters. The number of hydrogen-bond donors (Lipinski definition) is 3. The van der Waals surface area contributed by atoms with Crippen molar-refractivity contribution in [2.24, 2.45) is 5.16 Å². The van der Waals surface area contributed by atoms with E-state index in [0.717, 1.165) is 17.3 Å². The minimum absolute atomic E-state index is 0.0387. The molecular formula is C23H29N5O5S2. The zero-order valence-electron chi connectivity index (χ0n) is 19.6. The second kappa shape index (κ2) is 11.5. The van der Waals surface area contributed by atoms with Gasteiger partial charge in [0.25, 0.3) is 5.91 Å². The Bertz CT molecular complexity index is 1080. The van der Waals surface area contributed by atoms with Gasteiger partial charge in [0.2, 0.25) is 0 Å². The molecule has 3 N–H and O–H groups in total. The molecule has 12 heteroatoms. The molecule has 2 aliphatic rings. The van der Waals surface area contributed by atoms with Crippen molar-refractivity contribution in [2.75, 3.05) is 44.9 Å². The lowest BCUT2D eigenvalue weighted by Crippen LogP contribution is -2.26. The van der Waals surface area contributed by atoms with Crippen LogP contribution in [0, 0.1) is 0 Å². The average Bonchev–Trinajstić information content (AvgIpc) is 3.58. The molecule has 0 saturated carbocycles. The van der Waals surface area contributed by atoms with Crippen LogP contribution in [-0.2, 0) is 14.4 Å². The van der Waals surface area contributed by atoms with E-state index < -0.39 is 16.5 Å². The van der Waals surface area contributed by atoms with Gasteiger partial charge >= 0.3 is 0 Å². The van der Waals surface area contributed by atoms with Gasteiger partial charge in [-0.05, 0) is 26.2 Å². The summed E-state index contributed by atoms with van der Waals surface area (Å²) in [4.78, 5) is 30.4. The van der Waals surface area contributed by atoms with Crippen molar-refractivity contribution in [3.05, 3.63) is 53.2 Å². The van der Waals surface area contributed by atoms with E-state index >= 15 is 0 Å². The first-order valence-corrected chi connectivity index (χ1v) is 13.7. The van der Waals surface area contributed by atoms with Crippen molar-refractivity contribution in [2.45, 2.75) is 28.9 Å². The van der Waals surface area contributed by atoms with Crippen molar-refractivity contribution in [1.82, 2.24) is 14.9 Å². The zero-order chi connectivity index (χ0) is 24.8. The highest BCUT2D eigenvalue weighted by molar-refractivity contribution is 8.27. The van der Waals surface area contributed by atoms with E-state index in [4.69, 9.17) is 9.57 Å². The minimum Gasteiger partial charge on any atom is -0.389 e. The standard InChI is InChI=1S/C23H29N5O5S2/c1-28(2)10-12-34-21-14-24-20(13-25-21)26-23(29)22(27-33-17-9-11-32-15-17)16-3-5-18(6-4-16)35(30,31)19-7-8-19/h3-7,13-14,17,30-31H,8-12,15H2,1-2H3,(H,24,26,29)/t17-/m1/s1. The number of amides is 1. The summed E-state index contributed by atoms with van der Waals surface area (Å²) in [5.74, 6) is 0.649. The van der Waals surface area contributed by atoms with Gasteiger partial charge in [0.15, 0.2) is 17.6 Å². The molecule has 10 nitrogen and oxygen atoms in total.